The lowest BCUT2D eigenvalue weighted by Crippen LogP contribution is -2.53. The molecule has 0 aliphatic heterocycles. The van der Waals surface area contributed by atoms with Gasteiger partial charge in [-0.1, -0.05) is 46.3 Å². The molecule has 0 aromatic carbocycles. The maximum absolute atomic E-state index is 13.0. The molecule has 4 heteroatoms. The van der Waals surface area contributed by atoms with Crippen molar-refractivity contribution >= 4 is 36.0 Å². The molecule has 6 atom stereocenters. The molecule has 0 aromatic heterocycles. The normalized spacial score (nSPS) is 38.8. The van der Waals surface area contributed by atoms with Gasteiger partial charge >= 0.3 is 0 Å². The summed E-state index contributed by atoms with van der Waals surface area (Å²) in [6.45, 7) is 13.1. The smallest absolute Gasteiger partial charge is 0.155 e. The van der Waals surface area contributed by atoms with Gasteiger partial charge in [0.15, 0.2) is 5.78 Å². The summed E-state index contributed by atoms with van der Waals surface area (Å²) in [6.07, 6.45) is 9.37. The number of carbonyl (C=O) groups is 2. The van der Waals surface area contributed by atoms with Gasteiger partial charge in [0.2, 0.25) is 0 Å². The Bertz CT molecular complexity index is 697. The Morgan fingerprint density at radius 1 is 1.32 bits per heavy atom. The van der Waals surface area contributed by atoms with Crippen molar-refractivity contribution in [2.75, 3.05) is 5.75 Å². The number of allylic oxidation sites excluding steroid dienone is 2. The molecule has 6 unspecified atom stereocenters. The molecule has 3 rings (SSSR count). The van der Waals surface area contributed by atoms with Gasteiger partial charge < -0.3 is 0 Å². The van der Waals surface area contributed by atoms with Gasteiger partial charge in [-0.25, -0.2) is 0 Å². The number of rotatable bonds is 6. The van der Waals surface area contributed by atoms with Crippen LogP contribution in [0.3, 0.4) is 0 Å². The van der Waals surface area contributed by atoms with Gasteiger partial charge in [-0.05, 0) is 66.8 Å². The van der Waals surface area contributed by atoms with Crippen LogP contribution in [0.15, 0.2) is 22.5 Å². The molecule has 0 spiro atoms. The first-order valence-electron chi connectivity index (χ1n) is 10.9. The van der Waals surface area contributed by atoms with Crippen LogP contribution in [0.4, 0.5) is 0 Å². The van der Waals surface area contributed by atoms with Crippen LogP contribution in [0.25, 0.3) is 0 Å². The number of thiol groups is 1. The fourth-order valence-electron chi connectivity index (χ4n) is 6.86. The Morgan fingerprint density at radius 2 is 2.04 bits per heavy atom. The SMILES string of the molecule is C=C(S)SCC(=O)C(C)C1(C)CCC2C(CCC3=CC(=O)CCC32C)C1CC. The summed E-state index contributed by atoms with van der Waals surface area (Å²) in [5, 5.41) is 0. The van der Waals surface area contributed by atoms with Crippen LogP contribution in [0.1, 0.15) is 72.6 Å². The first-order valence-corrected chi connectivity index (χ1v) is 12.3. The summed E-state index contributed by atoms with van der Waals surface area (Å²) in [7, 11) is 0. The lowest BCUT2D eigenvalue weighted by atomic mass is 9.45. The van der Waals surface area contributed by atoms with E-state index in [2.05, 4.69) is 46.9 Å². The quantitative estimate of drug-likeness (QED) is 0.500. The highest BCUT2D eigenvalue weighted by Crippen LogP contribution is 2.63. The van der Waals surface area contributed by atoms with E-state index in [1.165, 1.54) is 30.2 Å². The number of Topliss-reactive ketones (excluding diaryl/α,β-unsaturated/α-hetero) is 1. The number of thioether (sulfide) groups is 1. The van der Waals surface area contributed by atoms with Crippen molar-refractivity contribution in [1.82, 2.24) is 0 Å². The van der Waals surface area contributed by atoms with Gasteiger partial charge in [0, 0.05) is 16.6 Å². The fraction of sp³-hybridized carbons (Fsp3) is 0.750. The van der Waals surface area contributed by atoms with Gasteiger partial charge in [-0.15, -0.1) is 24.4 Å². The van der Waals surface area contributed by atoms with Gasteiger partial charge in [0.05, 0.1) is 5.75 Å². The molecule has 156 valence electrons. The standard InChI is InChI=1S/C24H36O2S2/c1-6-20-19-8-7-17-13-18(25)9-11-24(17,5)21(19)10-12-23(20,4)15(2)22(26)14-28-16(3)27/h13,15,19-21,27H,3,6-12,14H2,1-2,4-5H3. The Balaban J connectivity index is 1.84. The Hall–Kier alpha value is -0.480. The summed E-state index contributed by atoms with van der Waals surface area (Å²) in [6, 6.07) is 0. The van der Waals surface area contributed by atoms with Crippen molar-refractivity contribution in [3.05, 3.63) is 22.5 Å². The van der Waals surface area contributed by atoms with Crippen molar-refractivity contribution in [2.24, 2.45) is 34.5 Å². The van der Waals surface area contributed by atoms with E-state index in [-0.39, 0.29) is 16.7 Å². The van der Waals surface area contributed by atoms with Crippen LogP contribution < -0.4 is 0 Å². The third kappa shape index (κ3) is 3.80. The average Bonchev–Trinajstić information content (AvgIpc) is 2.65. The molecule has 28 heavy (non-hydrogen) atoms. The van der Waals surface area contributed by atoms with E-state index in [1.54, 1.807) is 0 Å². The topological polar surface area (TPSA) is 34.1 Å². The zero-order valence-electron chi connectivity index (χ0n) is 17.9. The molecule has 2 saturated carbocycles. The second-order valence-electron chi connectivity index (χ2n) is 9.79. The van der Waals surface area contributed by atoms with Gasteiger partial charge in [0.1, 0.15) is 5.78 Å². The van der Waals surface area contributed by atoms with Crippen LogP contribution in [-0.4, -0.2) is 17.3 Å². The first-order chi connectivity index (χ1) is 13.1. The van der Waals surface area contributed by atoms with E-state index in [4.69, 9.17) is 0 Å². The number of carbonyl (C=O) groups excluding carboxylic acids is 2. The molecule has 0 bridgehead atoms. The predicted molar refractivity (Wildman–Crippen MR) is 123 cm³/mol. The maximum Gasteiger partial charge on any atom is 0.155 e. The van der Waals surface area contributed by atoms with Crippen molar-refractivity contribution in [1.29, 1.82) is 0 Å². The zero-order valence-corrected chi connectivity index (χ0v) is 19.6. The molecule has 2 fully saturated rings. The zero-order chi connectivity index (χ0) is 20.7. The molecule has 2 nitrogen and oxygen atoms in total. The average molecular weight is 421 g/mol. The molecule has 0 aromatic rings. The lowest BCUT2D eigenvalue weighted by Gasteiger charge is -2.60. The second-order valence-corrected chi connectivity index (χ2v) is 11.7. The summed E-state index contributed by atoms with van der Waals surface area (Å²) < 4.78 is 0.716. The number of ketones is 2. The molecule has 0 radical (unpaired) electrons. The molecular formula is C24H36O2S2. The van der Waals surface area contributed by atoms with E-state index in [0.29, 0.717) is 45.7 Å². The Morgan fingerprint density at radius 3 is 2.68 bits per heavy atom. The van der Waals surface area contributed by atoms with E-state index in [1.807, 2.05) is 6.08 Å². The van der Waals surface area contributed by atoms with Gasteiger partial charge in [-0.2, -0.15) is 0 Å². The van der Waals surface area contributed by atoms with Gasteiger partial charge in [0.25, 0.3) is 0 Å². The number of hydrogen-bond donors (Lipinski definition) is 1. The van der Waals surface area contributed by atoms with Crippen molar-refractivity contribution < 1.29 is 9.59 Å². The van der Waals surface area contributed by atoms with E-state index in [0.717, 1.165) is 25.7 Å². The summed E-state index contributed by atoms with van der Waals surface area (Å²) in [5.74, 6) is 3.11. The lowest BCUT2D eigenvalue weighted by molar-refractivity contribution is -0.133. The van der Waals surface area contributed by atoms with Crippen molar-refractivity contribution in [3.63, 3.8) is 0 Å². The molecule has 3 aliphatic rings. The number of hydrogen-bond acceptors (Lipinski definition) is 4. The Labute approximate surface area is 180 Å². The highest BCUT2D eigenvalue weighted by molar-refractivity contribution is 8.15. The maximum atomic E-state index is 13.0. The molecular weight excluding hydrogens is 384 g/mol. The predicted octanol–water partition coefficient (Wildman–Crippen LogP) is 6.47. The van der Waals surface area contributed by atoms with Crippen LogP contribution in [0, 0.1) is 34.5 Å². The summed E-state index contributed by atoms with van der Waals surface area (Å²) >= 11 is 5.69. The van der Waals surface area contributed by atoms with Crippen molar-refractivity contribution in [2.45, 2.75) is 72.6 Å². The third-order valence-electron chi connectivity index (χ3n) is 8.69. The van der Waals surface area contributed by atoms with E-state index < -0.39 is 0 Å². The first kappa shape index (κ1) is 22.2. The molecule has 0 N–H and O–H groups in total. The van der Waals surface area contributed by atoms with Crippen LogP contribution >= 0.6 is 24.4 Å². The van der Waals surface area contributed by atoms with Crippen LogP contribution in [-0.2, 0) is 9.59 Å². The van der Waals surface area contributed by atoms with Crippen molar-refractivity contribution in [3.8, 4) is 0 Å². The minimum absolute atomic E-state index is 0.0631. The highest BCUT2D eigenvalue weighted by atomic mass is 32.2. The minimum Gasteiger partial charge on any atom is -0.298 e. The third-order valence-corrected chi connectivity index (χ3v) is 9.84. The molecule has 0 saturated heterocycles. The summed E-state index contributed by atoms with van der Waals surface area (Å²) in [4.78, 5) is 24.9. The van der Waals surface area contributed by atoms with E-state index in [9.17, 15) is 9.59 Å². The monoisotopic (exact) mass is 420 g/mol. The van der Waals surface area contributed by atoms with Crippen LogP contribution in [0.2, 0.25) is 0 Å². The number of fused-ring (bicyclic) bond motifs is 3. The fourth-order valence-corrected chi connectivity index (χ4v) is 7.61. The van der Waals surface area contributed by atoms with Gasteiger partial charge in [-0.3, -0.25) is 9.59 Å². The van der Waals surface area contributed by atoms with E-state index >= 15 is 0 Å². The molecule has 0 amide bonds. The largest absolute Gasteiger partial charge is 0.298 e. The van der Waals surface area contributed by atoms with Crippen LogP contribution in [0.5, 0.6) is 0 Å². The summed E-state index contributed by atoms with van der Waals surface area (Å²) in [5.41, 5.74) is 1.67. The molecule has 0 heterocycles. The minimum atomic E-state index is 0.0631. The second kappa shape index (κ2) is 8.34. The Kier molecular flexibility index (Phi) is 6.61. The highest BCUT2D eigenvalue weighted by Gasteiger charge is 2.56. The molecule has 3 aliphatic carbocycles.